The van der Waals surface area contributed by atoms with Crippen LogP contribution in [0, 0.1) is 5.82 Å². The van der Waals surface area contributed by atoms with E-state index in [1.165, 1.54) is 24.3 Å². The molecule has 0 spiro atoms. The fourth-order valence-corrected chi connectivity index (χ4v) is 1.66. The summed E-state index contributed by atoms with van der Waals surface area (Å²) < 4.78 is 17.6. The van der Waals surface area contributed by atoms with E-state index in [4.69, 9.17) is 4.74 Å². The monoisotopic (exact) mass is 347 g/mol. The summed E-state index contributed by atoms with van der Waals surface area (Å²) in [6, 6.07) is 5.34. The second-order valence-electron chi connectivity index (χ2n) is 4.64. The second-order valence-corrected chi connectivity index (χ2v) is 4.64. The normalized spacial score (nSPS) is 9.83. The van der Waals surface area contributed by atoms with Crippen molar-refractivity contribution in [3.05, 3.63) is 35.6 Å². The molecule has 0 radical (unpaired) electrons. The van der Waals surface area contributed by atoms with Crippen LogP contribution in [0.2, 0.25) is 0 Å². The third-order valence-electron chi connectivity index (χ3n) is 2.84. The average Bonchev–Trinajstić information content (AvgIpc) is 2.51. The first-order valence-electron chi connectivity index (χ1n) is 7.13. The van der Waals surface area contributed by atoms with Crippen molar-refractivity contribution in [3.8, 4) is 0 Å². The minimum atomic E-state index is -0.377. The quantitative estimate of drug-likeness (QED) is 0.545. The molecule has 1 aromatic carbocycles. The number of rotatable bonds is 10. The van der Waals surface area contributed by atoms with Crippen LogP contribution in [0.25, 0.3) is 0 Å². The number of hydrogen-bond acceptors (Lipinski definition) is 4. The van der Waals surface area contributed by atoms with E-state index < -0.39 is 0 Å². The van der Waals surface area contributed by atoms with Crippen molar-refractivity contribution < 1.29 is 18.7 Å². The van der Waals surface area contributed by atoms with Gasteiger partial charge in [-0.15, -0.1) is 12.4 Å². The molecule has 2 amide bonds. The topological polar surface area (TPSA) is 79.5 Å². The van der Waals surface area contributed by atoms with Crippen LogP contribution >= 0.6 is 12.4 Å². The largest absolute Gasteiger partial charge is 0.383 e. The summed E-state index contributed by atoms with van der Waals surface area (Å²) in [6.45, 7) is 2.34. The molecule has 0 heterocycles. The Hall–Kier alpha value is -1.70. The zero-order valence-electron chi connectivity index (χ0n) is 13.1. The van der Waals surface area contributed by atoms with Gasteiger partial charge in [-0.2, -0.15) is 0 Å². The lowest BCUT2D eigenvalue weighted by Gasteiger charge is -2.07. The number of halogens is 2. The van der Waals surface area contributed by atoms with E-state index in [-0.39, 0.29) is 36.6 Å². The highest BCUT2D eigenvalue weighted by molar-refractivity contribution is 5.94. The van der Waals surface area contributed by atoms with Crippen molar-refractivity contribution in [2.45, 2.75) is 6.42 Å². The molecule has 0 fully saturated rings. The summed E-state index contributed by atoms with van der Waals surface area (Å²) in [5, 5.41) is 8.38. The number of carbonyl (C=O) groups excluding carboxylic acids is 2. The lowest BCUT2D eigenvalue weighted by Crippen LogP contribution is -2.36. The van der Waals surface area contributed by atoms with Crippen LogP contribution in [0.4, 0.5) is 4.39 Å². The highest BCUT2D eigenvalue weighted by Crippen LogP contribution is 2.02. The van der Waals surface area contributed by atoms with Crippen LogP contribution in [0.1, 0.15) is 16.8 Å². The summed E-state index contributed by atoms with van der Waals surface area (Å²) in [5.74, 6) is -0.730. The molecule has 0 atom stereocenters. The summed E-state index contributed by atoms with van der Waals surface area (Å²) >= 11 is 0. The van der Waals surface area contributed by atoms with Gasteiger partial charge in [-0.1, -0.05) is 0 Å². The van der Waals surface area contributed by atoms with Crippen LogP contribution in [-0.2, 0) is 9.53 Å². The predicted molar refractivity (Wildman–Crippen MR) is 88.4 cm³/mol. The fourth-order valence-electron chi connectivity index (χ4n) is 1.66. The highest BCUT2D eigenvalue weighted by atomic mass is 35.5. The Morgan fingerprint density at radius 3 is 2.39 bits per heavy atom. The number of nitrogens with one attached hydrogen (secondary N) is 3. The van der Waals surface area contributed by atoms with Crippen LogP contribution in [-0.4, -0.2) is 51.7 Å². The Bertz CT molecular complexity index is 472. The molecule has 23 heavy (non-hydrogen) atoms. The molecule has 0 aromatic heterocycles. The molecule has 130 valence electrons. The molecule has 0 unspecified atom stereocenters. The van der Waals surface area contributed by atoms with E-state index >= 15 is 0 Å². The van der Waals surface area contributed by atoms with Gasteiger partial charge in [0.05, 0.1) is 13.2 Å². The first kappa shape index (κ1) is 21.3. The molecule has 0 aliphatic rings. The third-order valence-corrected chi connectivity index (χ3v) is 2.84. The van der Waals surface area contributed by atoms with Gasteiger partial charge in [-0.25, -0.2) is 4.39 Å². The second kappa shape index (κ2) is 12.8. The van der Waals surface area contributed by atoms with Crippen molar-refractivity contribution in [1.82, 2.24) is 16.0 Å². The number of hydrogen-bond donors (Lipinski definition) is 3. The van der Waals surface area contributed by atoms with Gasteiger partial charge in [0.2, 0.25) is 5.91 Å². The number of carbonyl (C=O) groups is 2. The van der Waals surface area contributed by atoms with Gasteiger partial charge in [0, 0.05) is 32.3 Å². The molecule has 0 bridgehead atoms. The van der Waals surface area contributed by atoms with Gasteiger partial charge in [0.25, 0.3) is 5.91 Å². The Balaban J connectivity index is 0.00000484. The number of amides is 2. The van der Waals surface area contributed by atoms with Crippen molar-refractivity contribution >= 4 is 24.2 Å². The van der Waals surface area contributed by atoms with Crippen LogP contribution in [0.15, 0.2) is 24.3 Å². The minimum absolute atomic E-state index is 0. The van der Waals surface area contributed by atoms with Crippen molar-refractivity contribution in [2.24, 2.45) is 0 Å². The Morgan fingerprint density at radius 2 is 1.74 bits per heavy atom. The minimum Gasteiger partial charge on any atom is -0.383 e. The van der Waals surface area contributed by atoms with E-state index in [0.717, 1.165) is 0 Å². The maximum absolute atomic E-state index is 12.7. The molecule has 0 aliphatic heterocycles. The van der Waals surface area contributed by atoms with Gasteiger partial charge >= 0.3 is 0 Å². The van der Waals surface area contributed by atoms with E-state index in [1.807, 2.05) is 0 Å². The van der Waals surface area contributed by atoms with Crippen LogP contribution < -0.4 is 16.0 Å². The summed E-state index contributed by atoms with van der Waals surface area (Å²) in [6.07, 6.45) is 0.622. The summed E-state index contributed by atoms with van der Waals surface area (Å²) in [5.41, 5.74) is 0.410. The molecule has 1 rings (SSSR count). The molecule has 0 saturated heterocycles. The van der Waals surface area contributed by atoms with Crippen LogP contribution in [0.3, 0.4) is 0 Å². The predicted octanol–water partition coefficient (Wildman–Crippen LogP) is 0.720. The zero-order chi connectivity index (χ0) is 16.2. The standard InChI is InChI=1S/C15H22FN3O3.ClH/c1-22-10-9-17-11-14(20)18-7-2-8-19-15(21)12-3-5-13(16)6-4-12;/h3-6,17H,2,7-11H2,1H3,(H,18,20)(H,19,21);1H. The molecule has 8 heteroatoms. The Labute approximate surface area is 141 Å². The van der Waals surface area contributed by atoms with Crippen molar-refractivity contribution in [3.63, 3.8) is 0 Å². The van der Waals surface area contributed by atoms with E-state index in [2.05, 4.69) is 16.0 Å². The SMILES string of the molecule is COCCNCC(=O)NCCCNC(=O)c1ccc(F)cc1.Cl. The van der Waals surface area contributed by atoms with E-state index in [1.54, 1.807) is 7.11 Å². The van der Waals surface area contributed by atoms with Crippen LogP contribution in [0.5, 0.6) is 0 Å². The van der Waals surface area contributed by atoms with Gasteiger partial charge in [-0.05, 0) is 30.7 Å². The molecule has 3 N–H and O–H groups in total. The first-order valence-corrected chi connectivity index (χ1v) is 7.13. The molecule has 0 saturated carbocycles. The molecule has 6 nitrogen and oxygen atoms in total. The van der Waals surface area contributed by atoms with Gasteiger partial charge < -0.3 is 20.7 Å². The van der Waals surface area contributed by atoms with Gasteiger partial charge in [0.15, 0.2) is 0 Å². The van der Waals surface area contributed by atoms with Crippen molar-refractivity contribution in [1.29, 1.82) is 0 Å². The Kier molecular flexibility index (Phi) is 11.9. The lowest BCUT2D eigenvalue weighted by atomic mass is 10.2. The number of benzene rings is 1. The van der Waals surface area contributed by atoms with E-state index in [9.17, 15) is 14.0 Å². The van der Waals surface area contributed by atoms with Crippen molar-refractivity contribution in [2.75, 3.05) is 39.9 Å². The highest BCUT2D eigenvalue weighted by Gasteiger charge is 2.04. The summed E-state index contributed by atoms with van der Waals surface area (Å²) in [4.78, 5) is 23.1. The van der Waals surface area contributed by atoms with Gasteiger partial charge in [-0.3, -0.25) is 9.59 Å². The molecular weight excluding hydrogens is 325 g/mol. The molecule has 1 aromatic rings. The lowest BCUT2D eigenvalue weighted by molar-refractivity contribution is -0.120. The number of ether oxygens (including phenoxy) is 1. The zero-order valence-corrected chi connectivity index (χ0v) is 13.9. The average molecular weight is 348 g/mol. The fraction of sp³-hybridized carbons (Fsp3) is 0.467. The first-order chi connectivity index (χ1) is 10.6. The smallest absolute Gasteiger partial charge is 0.251 e. The molecule has 0 aliphatic carbocycles. The number of methoxy groups -OCH3 is 1. The Morgan fingerprint density at radius 1 is 1.09 bits per heavy atom. The van der Waals surface area contributed by atoms with E-state index in [0.29, 0.717) is 38.2 Å². The maximum atomic E-state index is 12.7. The molecular formula is C15H23ClFN3O3. The van der Waals surface area contributed by atoms with Gasteiger partial charge in [0.1, 0.15) is 5.82 Å². The summed E-state index contributed by atoms with van der Waals surface area (Å²) in [7, 11) is 1.60. The maximum Gasteiger partial charge on any atom is 0.251 e. The third kappa shape index (κ3) is 9.83.